The molecule has 6 aliphatic rings. The van der Waals surface area contributed by atoms with Gasteiger partial charge in [-0.25, -0.2) is 14.4 Å². The number of halogens is 1. The average Bonchev–Trinajstić information content (AvgIpc) is 3.71. The number of hydrogen-bond acceptors (Lipinski definition) is 12. The lowest BCUT2D eigenvalue weighted by atomic mass is 9.86. The Morgan fingerprint density at radius 3 is 2.39 bits per heavy atom. The van der Waals surface area contributed by atoms with Crippen LogP contribution in [0.2, 0.25) is 0 Å². The van der Waals surface area contributed by atoms with E-state index in [2.05, 4.69) is 40.2 Å². The Morgan fingerprint density at radius 1 is 0.885 bits per heavy atom. The summed E-state index contributed by atoms with van der Waals surface area (Å²) >= 11 is 0. The van der Waals surface area contributed by atoms with Gasteiger partial charge in [-0.15, -0.1) is 0 Å². The molecule has 1 unspecified atom stereocenters. The zero-order chi connectivity index (χ0) is 41.8. The van der Waals surface area contributed by atoms with Crippen molar-refractivity contribution in [1.82, 2.24) is 35.3 Å². The molecule has 0 radical (unpaired) electrons. The lowest BCUT2D eigenvalue weighted by Crippen LogP contribution is -2.52. The van der Waals surface area contributed by atoms with Gasteiger partial charge in [0.25, 0.3) is 5.91 Å². The lowest BCUT2D eigenvalue weighted by Gasteiger charge is -2.40. The Labute approximate surface area is 354 Å². The third-order valence-corrected chi connectivity index (χ3v) is 13.8. The molecular formula is C45H54FN9O6. The van der Waals surface area contributed by atoms with E-state index in [0.717, 1.165) is 107 Å². The Hall–Kier alpha value is -5.35. The second-order valence-electron chi connectivity index (χ2n) is 18.0. The molecule has 322 valence electrons. The molecule has 2 saturated carbocycles. The zero-order valence-corrected chi connectivity index (χ0v) is 35.0. The fourth-order valence-electron chi connectivity index (χ4n) is 10.0. The molecule has 1 atom stereocenters. The third-order valence-electron chi connectivity index (χ3n) is 13.8. The van der Waals surface area contributed by atoms with Crippen LogP contribution in [0.4, 0.5) is 15.9 Å². The number of benzene rings is 2. The summed E-state index contributed by atoms with van der Waals surface area (Å²) in [6, 6.07) is 8.33. The van der Waals surface area contributed by atoms with E-state index in [1.54, 1.807) is 24.4 Å². The van der Waals surface area contributed by atoms with Crippen LogP contribution in [0.25, 0.3) is 22.3 Å². The second kappa shape index (κ2) is 16.2. The highest BCUT2D eigenvalue weighted by Crippen LogP contribution is 2.43. The number of nitrogens with one attached hydrogen (secondary N) is 2. The zero-order valence-electron chi connectivity index (χ0n) is 35.0. The van der Waals surface area contributed by atoms with Gasteiger partial charge < -0.3 is 28.9 Å². The van der Waals surface area contributed by atoms with E-state index in [9.17, 15) is 18.8 Å². The van der Waals surface area contributed by atoms with Crippen LogP contribution in [-0.2, 0) is 20.9 Å². The van der Waals surface area contributed by atoms with E-state index in [4.69, 9.17) is 14.2 Å². The highest BCUT2D eigenvalue weighted by atomic mass is 19.1. The molecule has 61 heavy (non-hydrogen) atoms. The summed E-state index contributed by atoms with van der Waals surface area (Å²) in [5.41, 5.74) is 4.00. The van der Waals surface area contributed by atoms with Gasteiger partial charge in [-0.05, 0) is 88.8 Å². The summed E-state index contributed by atoms with van der Waals surface area (Å²) in [5, 5.41) is 10.6. The fourth-order valence-corrected chi connectivity index (χ4v) is 10.0. The van der Waals surface area contributed by atoms with Gasteiger partial charge in [0.15, 0.2) is 11.6 Å². The molecule has 15 nitrogen and oxygen atoms in total. The molecule has 10 rings (SSSR count). The predicted octanol–water partition coefficient (Wildman–Crippen LogP) is 5.23. The molecule has 0 spiro atoms. The number of carbonyl (C=O) groups excluding carboxylic acids is 3. The number of fused-ring (bicyclic) bond motifs is 2. The first-order valence-electron chi connectivity index (χ1n) is 22.0. The molecule has 6 heterocycles. The maximum absolute atomic E-state index is 14.8. The number of carbonyl (C=O) groups is 3. The highest BCUT2D eigenvalue weighted by Gasteiger charge is 2.42. The van der Waals surface area contributed by atoms with Crippen molar-refractivity contribution in [1.29, 1.82) is 0 Å². The van der Waals surface area contributed by atoms with Crippen molar-refractivity contribution in [2.75, 3.05) is 62.7 Å². The van der Waals surface area contributed by atoms with Gasteiger partial charge in [0.2, 0.25) is 11.8 Å². The number of piperazine rings is 1. The van der Waals surface area contributed by atoms with Gasteiger partial charge in [0, 0.05) is 80.9 Å². The van der Waals surface area contributed by atoms with Gasteiger partial charge in [0.1, 0.15) is 35.2 Å². The Bertz CT molecular complexity index is 2330. The molecule has 5 fully saturated rings. The predicted molar refractivity (Wildman–Crippen MR) is 225 cm³/mol. The topological polar surface area (TPSA) is 158 Å². The maximum atomic E-state index is 14.8. The molecule has 2 aromatic heterocycles. The molecule has 4 aliphatic heterocycles. The number of H-pyrrole nitrogens is 1. The van der Waals surface area contributed by atoms with Crippen molar-refractivity contribution in [2.45, 2.75) is 102 Å². The Kier molecular flexibility index (Phi) is 10.5. The summed E-state index contributed by atoms with van der Waals surface area (Å²) in [6.07, 6.45) is 10.9. The van der Waals surface area contributed by atoms with Crippen LogP contribution in [0, 0.1) is 11.7 Å². The number of aromatic amines is 1. The summed E-state index contributed by atoms with van der Waals surface area (Å²) < 4.78 is 33.4. The standard InChI is InChI=1S/C45H54FN9O6/c1-45(13-14-45)61-38-21-31-34(22-33(38)46)50-51-41(31)35-23-39(48-26-47-35)54-15-11-29(12-16-54)60-28-5-3-27(4-6-28)24-52-17-19-53(20-18-52)36-8-7-30-32(42(36)59-2)25-55(44(30)58)37-9-10-40(56)49-43(37)57/h7-8,21-23,26-29,37H,3-6,9-20,24-25H2,1-2H3,(H,50,51)(H,49,56,57). The average molecular weight is 836 g/mol. The second-order valence-corrected chi connectivity index (χ2v) is 18.0. The van der Waals surface area contributed by atoms with E-state index in [0.29, 0.717) is 53.2 Å². The largest absolute Gasteiger partial charge is 0.494 e. The number of aromatic nitrogens is 4. The van der Waals surface area contributed by atoms with Crippen molar-refractivity contribution in [3.8, 4) is 22.9 Å². The van der Waals surface area contributed by atoms with Crippen LogP contribution in [0.3, 0.4) is 0 Å². The Balaban J connectivity index is 0.677. The van der Waals surface area contributed by atoms with E-state index in [1.165, 1.54) is 18.9 Å². The van der Waals surface area contributed by atoms with Gasteiger partial charge in [-0.1, -0.05) is 0 Å². The number of anilines is 2. The summed E-state index contributed by atoms with van der Waals surface area (Å²) in [4.78, 5) is 55.6. The third kappa shape index (κ3) is 8.00. The number of rotatable bonds is 11. The van der Waals surface area contributed by atoms with E-state index < -0.39 is 17.8 Å². The summed E-state index contributed by atoms with van der Waals surface area (Å²) in [6.45, 7) is 8.73. The molecule has 3 saturated heterocycles. The first-order chi connectivity index (χ1) is 29.6. The van der Waals surface area contributed by atoms with Gasteiger partial charge in [-0.2, -0.15) is 5.10 Å². The number of piperidine rings is 2. The van der Waals surface area contributed by atoms with E-state index in [-0.39, 0.29) is 35.7 Å². The quantitative estimate of drug-likeness (QED) is 0.190. The van der Waals surface area contributed by atoms with Crippen molar-refractivity contribution in [3.05, 3.63) is 53.6 Å². The van der Waals surface area contributed by atoms with Crippen LogP contribution in [-0.4, -0.2) is 124 Å². The minimum Gasteiger partial charge on any atom is -0.494 e. The number of ether oxygens (including phenoxy) is 3. The molecule has 0 bridgehead atoms. The number of nitrogens with zero attached hydrogens (tertiary/aromatic N) is 7. The van der Waals surface area contributed by atoms with Gasteiger partial charge in [-0.3, -0.25) is 29.7 Å². The fraction of sp³-hybridized carbons (Fsp3) is 0.556. The minimum atomic E-state index is -0.654. The van der Waals surface area contributed by atoms with Crippen LogP contribution in [0.5, 0.6) is 11.5 Å². The highest BCUT2D eigenvalue weighted by molar-refractivity contribution is 6.06. The maximum Gasteiger partial charge on any atom is 0.255 e. The van der Waals surface area contributed by atoms with E-state index >= 15 is 0 Å². The monoisotopic (exact) mass is 835 g/mol. The van der Waals surface area contributed by atoms with Crippen LogP contribution in [0.1, 0.15) is 87.1 Å². The molecule has 2 aliphatic carbocycles. The molecular weight excluding hydrogens is 782 g/mol. The molecule has 16 heteroatoms. The van der Waals surface area contributed by atoms with Gasteiger partial charge in [0.05, 0.1) is 42.8 Å². The molecule has 2 N–H and O–H groups in total. The lowest BCUT2D eigenvalue weighted by molar-refractivity contribution is -0.136. The van der Waals surface area contributed by atoms with Crippen LogP contribution >= 0.6 is 0 Å². The van der Waals surface area contributed by atoms with Crippen molar-refractivity contribution < 1.29 is 33.0 Å². The van der Waals surface area contributed by atoms with Crippen LogP contribution in [0.15, 0.2) is 36.7 Å². The van der Waals surface area contributed by atoms with Crippen LogP contribution < -0.4 is 24.6 Å². The van der Waals surface area contributed by atoms with Crippen molar-refractivity contribution >= 4 is 40.1 Å². The Morgan fingerprint density at radius 2 is 1.66 bits per heavy atom. The molecule has 2 aromatic carbocycles. The van der Waals surface area contributed by atoms with Crippen molar-refractivity contribution in [2.24, 2.45) is 5.92 Å². The number of methoxy groups -OCH3 is 1. The first kappa shape index (κ1) is 39.8. The SMILES string of the molecule is COc1c(N2CCN(CC3CCC(OC4CCN(c5cc(-c6n[nH]c7cc(F)c(OC8(C)CC8)cc67)ncn5)CC4)CC3)CC2)ccc2c1CN(C1CCC(=O)NC1=O)C2=O. The van der Waals surface area contributed by atoms with Crippen molar-refractivity contribution in [3.63, 3.8) is 0 Å². The summed E-state index contributed by atoms with van der Waals surface area (Å²) in [5.74, 6) is 1.16. The number of amides is 3. The normalized spacial score (nSPS) is 24.6. The number of imide groups is 1. The number of hydrogen-bond donors (Lipinski definition) is 2. The smallest absolute Gasteiger partial charge is 0.255 e. The summed E-state index contributed by atoms with van der Waals surface area (Å²) in [7, 11) is 1.64. The van der Waals surface area contributed by atoms with E-state index in [1.807, 2.05) is 25.1 Å². The first-order valence-corrected chi connectivity index (χ1v) is 22.0. The minimum absolute atomic E-state index is 0.192. The molecule has 4 aromatic rings. The van der Waals surface area contributed by atoms with Gasteiger partial charge >= 0.3 is 0 Å². The molecule has 3 amide bonds.